The molecule has 0 saturated carbocycles. The number of rotatable bonds is 8. The monoisotopic (exact) mass is 343 g/mol. The Bertz CT molecular complexity index is 650. The summed E-state index contributed by atoms with van der Waals surface area (Å²) in [5.41, 5.74) is 2.34. The highest BCUT2D eigenvalue weighted by atomic mass is 19.1. The van der Waals surface area contributed by atoms with Crippen LogP contribution in [0.3, 0.4) is 0 Å². The van der Waals surface area contributed by atoms with Crippen molar-refractivity contribution in [3.8, 4) is 0 Å². The molecule has 134 valence electrons. The summed E-state index contributed by atoms with van der Waals surface area (Å²) in [6.07, 6.45) is 8.03. The van der Waals surface area contributed by atoms with Gasteiger partial charge in [-0.1, -0.05) is 6.07 Å². The number of hydrogen-bond donors (Lipinski definition) is 0. The highest BCUT2D eigenvalue weighted by Crippen LogP contribution is 2.36. The van der Waals surface area contributed by atoms with Gasteiger partial charge in [-0.05, 0) is 56.5 Å². The van der Waals surface area contributed by atoms with Crippen LogP contribution in [0, 0.1) is 11.2 Å². The number of aryl methyl sites for hydroxylation is 1. The van der Waals surface area contributed by atoms with Gasteiger partial charge in [0.05, 0.1) is 12.8 Å². The molecule has 3 heterocycles. The molecule has 25 heavy (non-hydrogen) atoms. The van der Waals surface area contributed by atoms with E-state index in [0.717, 1.165) is 57.8 Å². The van der Waals surface area contributed by atoms with E-state index < -0.39 is 0 Å². The number of likely N-dealkylation sites (tertiary alicyclic amines) is 1. The average molecular weight is 343 g/mol. The Kier molecular flexibility index (Phi) is 6.10. The standard InChI is InChI=1S/C20H26FN3O/c1-2-25-16-20(8-7-19-6-5-18(21)13-23-19)9-11-24(15-20)14-17-4-3-10-22-12-17/h3-6,10,12-13H,2,7-9,11,14-16H2,1H3. The smallest absolute Gasteiger partial charge is 0.141 e. The van der Waals surface area contributed by atoms with Crippen LogP contribution in [0.5, 0.6) is 0 Å². The van der Waals surface area contributed by atoms with Crippen molar-refractivity contribution in [3.63, 3.8) is 0 Å². The normalized spacial score (nSPS) is 20.9. The van der Waals surface area contributed by atoms with Crippen molar-refractivity contribution in [1.82, 2.24) is 14.9 Å². The lowest BCUT2D eigenvalue weighted by Crippen LogP contribution is -2.32. The number of hydrogen-bond acceptors (Lipinski definition) is 4. The fraction of sp³-hybridized carbons (Fsp3) is 0.500. The lowest BCUT2D eigenvalue weighted by Gasteiger charge is -2.29. The van der Waals surface area contributed by atoms with E-state index in [0.29, 0.717) is 0 Å². The van der Waals surface area contributed by atoms with Crippen LogP contribution < -0.4 is 0 Å². The summed E-state index contributed by atoms with van der Waals surface area (Å²) in [5, 5.41) is 0. The number of ether oxygens (including phenoxy) is 1. The van der Waals surface area contributed by atoms with E-state index in [1.165, 1.54) is 17.8 Å². The molecule has 0 aromatic carbocycles. The SMILES string of the molecule is CCOCC1(CCc2ccc(F)cn2)CCN(Cc2cccnc2)C1. The molecule has 0 amide bonds. The minimum Gasteiger partial charge on any atom is -0.381 e. The van der Waals surface area contributed by atoms with E-state index in [1.54, 1.807) is 6.07 Å². The Balaban J connectivity index is 1.61. The molecule has 1 aliphatic heterocycles. The van der Waals surface area contributed by atoms with Gasteiger partial charge in [-0.15, -0.1) is 0 Å². The van der Waals surface area contributed by atoms with Crippen LogP contribution in [0.25, 0.3) is 0 Å². The molecule has 0 spiro atoms. The highest BCUT2D eigenvalue weighted by Gasteiger charge is 2.38. The van der Waals surface area contributed by atoms with Crippen LogP contribution in [0.4, 0.5) is 4.39 Å². The van der Waals surface area contributed by atoms with Gasteiger partial charge >= 0.3 is 0 Å². The van der Waals surface area contributed by atoms with Gasteiger partial charge in [-0.2, -0.15) is 0 Å². The van der Waals surface area contributed by atoms with Crippen molar-refractivity contribution in [2.75, 3.05) is 26.3 Å². The molecule has 0 radical (unpaired) electrons. The third-order valence-electron chi connectivity index (χ3n) is 4.96. The van der Waals surface area contributed by atoms with Gasteiger partial charge < -0.3 is 4.74 Å². The van der Waals surface area contributed by atoms with Gasteiger partial charge in [-0.3, -0.25) is 14.9 Å². The van der Waals surface area contributed by atoms with Gasteiger partial charge in [0.15, 0.2) is 0 Å². The van der Waals surface area contributed by atoms with Crippen LogP contribution in [0.2, 0.25) is 0 Å². The van der Waals surface area contributed by atoms with Crippen molar-refractivity contribution in [1.29, 1.82) is 0 Å². The zero-order valence-corrected chi connectivity index (χ0v) is 14.8. The molecule has 0 aliphatic carbocycles. The van der Waals surface area contributed by atoms with Gasteiger partial charge in [0.25, 0.3) is 0 Å². The first-order valence-corrected chi connectivity index (χ1v) is 8.99. The first-order chi connectivity index (χ1) is 12.2. The molecule has 3 rings (SSSR count). The van der Waals surface area contributed by atoms with E-state index in [9.17, 15) is 4.39 Å². The molecule has 1 saturated heterocycles. The maximum absolute atomic E-state index is 13.0. The Morgan fingerprint density at radius 3 is 2.92 bits per heavy atom. The van der Waals surface area contributed by atoms with Crippen LogP contribution in [-0.4, -0.2) is 41.2 Å². The second-order valence-corrected chi connectivity index (χ2v) is 6.93. The maximum atomic E-state index is 13.0. The summed E-state index contributed by atoms with van der Waals surface area (Å²) < 4.78 is 18.8. The van der Waals surface area contributed by atoms with Gasteiger partial charge in [0.2, 0.25) is 0 Å². The van der Waals surface area contributed by atoms with Crippen LogP contribution in [0.15, 0.2) is 42.9 Å². The lowest BCUT2D eigenvalue weighted by atomic mass is 9.82. The maximum Gasteiger partial charge on any atom is 0.141 e. The number of aromatic nitrogens is 2. The molecule has 4 nitrogen and oxygen atoms in total. The van der Waals surface area contributed by atoms with Crippen molar-refractivity contribution < 1.29 is 9.13 Å². The topological polar surface area (TPSA) is 38.2 Å². The Labute approximate surface area is 149 Å². The molecule has 1 fully saturated rings. The molecule has 1 atom stereocenters. The van der Waals surface area contributed by atoms with E-state index in [2.05, 4.69) is 20.9 Å². The predicted octanol–water partition coefficient (Wildman–Crippen LogP) is 3.48. The number of pyridine rings is 2. The third kappa shape index (κ3) is 5.06. The number of nitrogens with zero attached hydrogens (tertiary/aromatic N) is 3. The Morgan fingerprint density at radius 2 is 2.20 bits per heavy atom. The second kappa shape index (κ2) is 8.50. The van der Waals surface area contributed by atoms with Crippen molar-refractivity contribution in [3.05, 3.63) is 59.9 Å². The average Bonchev–Trinajstić information content (AvgIpc) is 3.04. The zero-order chi connectivity index (χ0) is 17.5. The van der Waals surface area contributed by atoms with Gasteiger partial charge in [-0.25, -0.2) is 4.39 Å². The zero-order valence-electron chi connectivity index (χ0n) is 14.8. The van der Waals surface area contributed by atoms with E-state index in [4.69, 9.17) is 4.74 Å². The van der Waals surface area contributed by atoms with E-state index >= 15 is 0 Å². The quantitative estimate of drug-likeness (QED) is 0.735. The molecule has 5 heteroatoms. The Morgan fingerprint density at radius 1 is 1.28 bits per heavy atom. The summed E-state index contributed by atoms with van der Waals surface area (Å²) in [4.78, 5) is 10.9. The van der Waals surface area contributed by atoms with Gasteiger partial charge in [0, 0.05) is 43.2 Å². The largest absolute Gasteiger partial charge is 0.381 e. The molecule has 1 aliphatic rings. The second-order valence-electron chi connectivity index (χ2n) is 6.93. The first kappa shape index (κ1) is 18.0. The highest BCUT2D eigenvalue weighted by molar-refractivity contribution is 5.10. The third-order valence-corrected chi connectivity index (χ3v) is 4.96. The molecule has 2 aromatic rings. The molecule has 0 bridgehead atoms. The van der Waals surface area contributed by atoms with E-state index in [1.807, 2.05) is 25.4 Å². The molecule has 2 aromatic heterocycles. The van der Waals surface area contributed by atoms with E-state index in [-0.39, 0.29) is 11.2 Å². The van der Waals surface area contributed by atoms with Crippen LogP contribution in [0.1, 0.15) is 31.0 Å². The summed E-state index contributed by atoms with van der Waals surface area (Å²) in [6, 6.07) is 7.38. The fourth-order valence-corrected chi connectivity index (χ4v) is 3.57. The molecule has 1 unspecified atom stereocenters. The molecule has 0 N–H and O–H groups in total. The van der Waals surface area contributed by atoms with Crippen LogP contribution in [-0.2, 0) is 17.7 Å². The van der Waals surface area contributed by atoms with Crippen molar-refractivity contribution >= 4 is 0 Å². The van der Waals surface area contributed by atoms with Gasteiger partial charge in [0.1, 0.15) is 5.82 Å². The predicted molar refractivity (Wildman–Crippen MR) is 95.6 cm³/mol. The summed E-state index contributed by atoms with van der Waals surface area (Å²) >= 11 is 0. The van der Waals surface area contributed by atoms with Crippen molar-refractivity contribution in [2.24, 2.45) is 5.41 Å². The minimum atomic E-state index is -0.281. The van der Waals surface area contributed by atoms with Crippen LogP contribution >= 0.6 is 0 Å². The molecular weight excluding hydrogens is 317 g/mol. The summed E-state index contributed by atoms with van der Waals surface area (Å²) in [7, 11) is 0. The first-order valence-electron chi connectivity index (χ1n) is 8.99. The summed E-state index contributed by atoms with van der Waals surface area (Å²) in [5.74, 6) is -0.281. The lowest BCUT2D eigenvalue weighted by molar-refractivity contribution is 0.0488. The fourth-order valence-electron chi connectivity index (χ4n) is 3.57. The molecular formula is C20H26FN3O. The number of halogens is 1. The summed E-state index contributed by atoms with van der Waals surface area (Å²) in [6.45, 7) is 6.56. The minimum absolute atomic E-state index is 0.147. The Hall–Kier alpha value is -1.85. The van der Waals surface area contributed by atoms with Crippen molar-refractivity contribution in [2.45, 2.75) is 32.7 Å².